The highest BCUT2D eigenvalue weighted by atomic mass is 35.5. The molecule has 0 aliphatic carbocycles. The van der Waals surface area contributed by atoms with Crippen molar-refractivity contribution in [2.75, 3.05) is 6.61 Å². The number of halogens is 1. The molecule has 0 saturated carbocycles. The Bertz CT molecular complexity index is 468. The Kier molecular flexibility index (Phi) is 5.90. The molecule has 1 aliphatic rings. The number of hydrogen-bond acceptors (Lipinski definition) is 2. The average molecular weight is 295 g/mol. The average Bonchev–Trinajstić information content (AvgIpc) is 2.89. The van der Waals surface area contributed by atoms with Crippen LogP contribution in [0.15, 0.2) is 12.1 Å². The topological polar surface area (TPSA) is 26.3 Å². The summed E-state index contributed by atoms with van der Waals surface area (Å²) in [7, 11) is 0. The van der Waals surface area contributed by atoms with E-state index in [1.165, 1.54) is 25.7 Å². The molecule has 0 spiro atoms. The molecule has 0 aromatic heterocycles. The van der Waals surface area contributed by atoms with Gasteiger partial charge in [0.25, 0.3) is 0 Å². The zero-order valence-electron chi connectivity index (χ0n) is 12.2. The highest BCUT2D eigenvalue weighted by Gasteiger charge is 2.21. The van der Waals surface area contributed by atoms with Crippen molar-refractivity contribution < 1.29 is 9.53 Å². The Balaban J connectivity index is 1.87. The first-order chi connectivity index (χ1) is 9.72. The second-order valence-corrected chi connectivity index (χ2v) is 5.92. The summed E-state index contributed by atoms with van der Waals surface area (Å²) in [6.07, 6.45) is 8.61. The van der Waals surface area contributed by atoms with Gasteiger partial charge in [0.15, 0.2) is 5.78 Å². The number of ketones is 1. The van der Waals surface area contributed by atoms with Crippen LogP contribution in [0.1, 0.15) is 67.8 Å². The van der Waals surface area contributed by atoms with Gasteiger partial charge in [0.1, 0.15) is 5.75 Å². The molecule has 0 fully saturated rings. The Morgan fingerprint density at radius 1 is 1.20 bits per heavy atom. The Hall–Kier alpha value is -1.02. The maximum Gasteiger partial charge on any atom is 0.166 e. The van der Waals surface area contributed by atoms with Gasteiger partial charge in [-0.2, -0.15) is 0 Å². The van der Waals surface area contributed by atoms with Crippen molar-refractivity contribution in [3.05, 3.63) is 28.3 Å². The molecule has 0 radical (unpaired) electrons. The summed E-state index contributed by atoms with van der Waals surface area (Å²) in [5, 5.41) is 0.639. The van der Waals surface area contributed by atoms with Crippen LogP contribution in [0.2, 0.25) is 5.02 Å². The predicted octanol–water partition coefficient (Wildman–Crippen LogP) is 5.21. The van der Waals surface area contributed by atoms with Gasteiger partial charge in [-0.1, -0.05) is 50.6 Å². The fourth-order valence-electron chi connectivity index (χ4n) is 2.68. The van der Waals surface area contributed by atoms with E-state index in [1.807, 2.05) is 6.07 Å². The van der Waals surface area contributed by atoms with Crippen LogP contribution in [-0.4, -0.2) is 12.4 Å². The molecule has 20 heavy (non-hydrogen) atoms. The minimum Gasteiger partial charge on any atom is -0.492 e. The van der Waals surface area contributed by atoms with E-state index in [0.717, 1.165) is 30.6 Å². The molecule has 0 unspecified atom stereocenters. The van der Waals surface area contributed by atoms with E-state index in [-0.39, 0.29) is 5.78 Å². The van der Waals surface area contributed by atoms with Crippen LogP contribution in [0, 0.1) is 0 Å². The highest BCUT2D eigenvalue weighted by molar-refractivity contribution is 6.31. The number of carbonyl (C=O) groups is 1. The molecule has 110 valence electrons. The van der Waals surface area contributed by atoms with Crippen LogP contribution < -0.4 is 4.74 Å². The molecule has 0 amide bonds. The maximum absolute atomic E-state index is 12.3. The number of rotatable bonds is 8. The normalized spacial score (nSPS) is 13.1. The molecule has 1 aromatic rings. The van der Waals surface area contributed by atoms with Crippen molar-refractivity contribution in [1.29, 1.82) is 0 Å². The van der Waals surface area contributed by atoms with E-state index in [9.17, 15) is 4.79 Å². The van der Waals surface area contributed by atoms with Crippen molar-refractivity contribution in [2.45, 2.75) is 58.3 Å². The largest absolute Gasteiger partial charge is 0.492 e. The van der Waals surface area contributed by atoms with Gasteiger partial charge in [0.2, 0.25) is 0 Å². The van der Waals surface area contributed by atoms with E-state index >= 15 is 0 Å². The fraction of sp³-hybridized carbons (Fsp3) is 0.588. The van der Waals surface area contributed by atoms with E-state index in [1.54, 1.807) is 6.07 Å². The Morgan fingerprint density at radius 3 is 2.75 bits per heavy atom. The third-order valence-corrected chi connectivity index (χ3v) is 4.02. The summed E-state index contributed by atoms with van der Waals surface area (Å²) >= 11 is 6.08. The molecule has 0 N–H and O–H groups in total. The summed E-state index contributed by atoms with van der Waals surface area (Å²) < 4.78 is 5.59. The quantitative estimate of drug-likeness (QED) is 0.486. The standard InChI is InChI=1S/C17H23ClO2/c1-2-3-4-5-6-7-8-16(19)15-12-14(18)11-13-9-10-20-17(13)15/h11-12H,2-10H2,1H3. The van der Waals surface area contributed by atoms with Gasteiger partial charge in [0.05, 0.1) is 12.2 Å². The third-order valence-electron chi connectivity index (χ3n) is 3.81. The lowest BCUT2D eigenvalue weighted by Gasteiger charge is -2.08. The first-order valence-electron chi connectivity index (χ1n) is 7.70. The number of hydrogen-bond donors (Lipinski definition) is 0. The first-order valence-corrected chi connectivity index (χ1v) is 8.08. The van der Waals surface area contributed by atoms with Crippen molar-refractivity contribution in [3.63, 3.8) is 0 Å². The molecule has 1 heterocycles. The van der Waals surface area contributed by atoms with Crippen LogP contribution >= 0.6 is 11.6 Å². The molecule has 2 nitrogen and oxygen atoms in total. The lowest BCUT2D eigenvalue weighted by molar-refractivity contribution is 0.0976. The monoisotopic (exact) mass is 294 g/mol. The maximum atomic E-state index is 12.3. The molecular formula is C17H23ClO2. The SMILES string of the molecule is CCCCCCCCC(=O)c1cc(Cl)cc2c1OCC2. The summed E-state index contributed by atoms with van der Waals surface area (Å²) in [5.74, 6) is 0.937. The van der Waals surface area contributed by atoms with Gasteiger partial charge in [-0.05, 0) is 24.1 Å². The van der Waals surface area contributed by atoms with Crippen molar-refractivity contribution >= 4 is 17.4 Å². The second kappa shape index (κ2) is 7.68. The van der Waals surface area contributed by atoms with Crippen molar-refractivity contribution in [2.24, 2.45) is 0 Å². The first kappa shape index (κ1) is 15.4. The van der Waals surface area contributed by atoms with Gasteiger partial charge in [0, 0.05) is 17.9 Å². The van der Waals surface area contributed by atoms with Gasteiger partial charge in [-0.25, -0.2) is 0 Å². The van der Waals surface area contributed by atoms with Gasteiger partial charge >= 0.3 is 0 Å². The van der Waals surface area contributed by atoms with E-state index < -0.39 is 0 Å². The molecule has 1 aliphatic heterocycles. The number of Topliss-reactive ketones (excluding diaryl/α,β-unsaturated/α-hetero) is 1. The number of carbonyl (C=O) groups excluding carboxylic acids is 1. The fourth-order valence-corrected chi connectivity index (χ4v) is 2.92. The van der Waals surface area contributed by atoms with Crippen LogP contribution in [-0.2, 0) is 6.42 Å². The Morgan fingerprint density at radius 2 is 1.95 bits per heavy atom. The summed E-state index contributed by atoms with van der Waals surface area (Å²) in [6.45, 7) is 2.87. The lowest BCUT2D eigenvalue weighted by atomic mass is 10.0. The molecule has 0 bridgehead atoms. The van der Waals surface area contributed by atoms with Crippen molar-refractivity contribution in [1.82, 2.24) is 0 Å². The zero-order valence-corrected chi connectivity index (χ0v) is 13.0. The Labute approximate surface area is 126 Å². The van der Waals surface area contributed by atoms with Crippen molar-refractivity contribution in [3.8, 4) is 5.75 Å². The van der Waals surface area contributed by atoms with E-state index in [4.69, 9.17) is 16.3 Å². The molecule has 2 rings (SSSR count). The van der Waals surface area contributed by atoms with E-state index in [0.29, 0.717) is 23.6 Å². The molecular weight excluding hydrogens is 272 g/mol. The zero-order chi connectivity index (χ0) is 14.4. The van der Waals surface area contributed by atoms with Crippen LogP contribution in [0.5, 0.6) is 5.75 Å². The molecule has 1 aromatic carbocycles. The molecule has 0 atom stereocenters. The van der Waals surface area contributed by atoms with Crippen LogP contribution in [0.3, 0.4) is 0 Å². The van der Waals surface area contributed by atoms with Crippen LogP contribution in [0.4, 0.5) is 0 Å². The van der Waals surface area contributed by atoms with Gasteiger partial charge in [-0.3, -0.25) is 4.79 Å². The van der Waals surface area contributed by atoms with Crippen LogP contribution in [0.25, 0.3) is 0 Å². The smallest absolute Gasteiger partial charge is 0.166 e. The highest BCUT2D eigenvalue weighted by Crippen LogP contribution is 2.33. The van der Waals surface area contributed by atoms with E-state index in [2.05, 4.69) is 6.92 Å². The minimum absolute atomic E-state index is 0.168. The third kappa shape index (κ3) is 3.99. The number of benzene rings is 1. The summed E-state index contributed by atoms with van der Waals surface area (Å²) in [6, 6.07) is 3.66. The van der Waals surface area contributed by atoms with Gasteiger partial charge < -0.3 is 4.74 Å². The summed E-state index contributed by atoms with van der Waals surface area (Å²) in [4.78, 5) is 12.3. The van der Waals surface area contributed by atoms with Gasteiger partial charge in [-0.15, -0.1) is 0 Å². The minimum atomic E-state index is 0.168. The lowest BCUT2D eigenvalue weighted by Crippen LogP contribution is -2.02. The number of fused-ring (bicyclic) bond motifs is 1. The predicted molar refractivity (Wildman–Crippen MR) is 83.0 cm³/mol. The molecule has 3 heteroatoms. The number of ether oxygens (including phenoxy) is 1. The summed E-state index contributed by atoms with van der Waals surface area (Å²) in [5.41, 5.74) is 1.75. The molecule has 0 saturated heterocycles. The second-order valence-electron chi connectivity index (χ2n) is 5.48. The number of unbranched alkanes of at least 4 members (excludes halogenated alkanes) is 5.